The van der Waals surface area contributed by atoms with Crippen molar-refractivity contribution in [2.45, 2.75) is 72.1 Å². The van der Waals surface area contributed by atoms with Crippen LogP contribution >= 0.6 is 0 Å². The van der Waals surface area contributed by atoms with E-state index in [1.807, 2.05) is 12.1 Å². The minimum atomic E-state index is -0.348. The fourth-order valence-corrected chi connectivity index (χ4v) is 4.11. The topological polar surface area (TPSA) is 68.5 Å². The Balaban J connectivity index is 1.79. The molecule has 0 aliphatic rings. The number of amides is 1. The van der Waals surface area contributed by atoms with Crippen LogP contribution in [0.4, 0.5) is 0 Å². The van der Waals surface area contributed by atoms with Gasteiger partial charge in [0.15, 0.2) is 6.54 Å². The first-order valence-corrected chi connectivity index (χ1v) is 13.1. The minimum absolute atomic E-state index is 0.140. The SMILES string of the molecule is CCCCCCNC(=O)C[N+](C)(C)CCCCCOc1ccc2ccc(=O)oc2c1CC=C(C)C. The zero-order valence-corrected chi connectivity index (χ0v) is 22.5. The second kappa shape index (κ2) is 14.7. The van der Waals surface area contributed by atoms with Crippen LogP contribution < -0.4 is 15.7 Å². The van der Waals surface area contributed by atoms with Gasteiger partial charge in [0.25, 0.3) is 5.91 Å². The number of unbranched alkanes of at least 4 members (excludes halogenated alkanes) is 5. The first kappa shape index (κ1) is 28.6. The molecule has 1 amide bonds. The van der Waals surface area contributed by atoms with Gasteiger partial charge in [-0.25, -0.2) is 4.79 Å². The van der Waals surface area contributed by atoms with Crippen molar-refractivity contribution >= 4 is 16.9 Å². The van der Waals surface area contributed by atoms with Crippen molar-refractivity contribution in [3.05, 3.63) is 51.9 Å². The summed E-state index contributed by atoms with van der Waals surface area (Å²) in [4.78, 5) is 24.1. The molecule has 1 aromatic carbocycles. The summed E-state index contributed by atoms with van der Waals surface area (Å²) in [5.41, 5.74) is 2.38. The van der Waals surface area contributed by atoms with E-state index in [0.29, 0.717) is 29.6 Å². The van der Waals surface area contributed by atoms with E-state index in [0.717, 1.165) is 55.5 Å². The Hall–Kier alpha value is -2.60. The Bertz CT molecular complexity index is 1020. The van der Waals surface area contributed by atoms with E-state index in [4.69, 9.17) is 9.15 Å². The number of hydrogen-bond donors (Lipinski definition) is 1. The molecule has 6 heteroatoms. The van der Waals surface area contributed by atoms with Crippen LogP contribution in [-0.4, -0.2) is 50.7 Å². The standard InChI is InChI=1S/C29H44N2O4/c1-6-7-8-10-19-30-27(32)22-31(4,5)20-11-9-12-21-34-26-17-14-24-15-18-28(33)35-29(24)25(26)16-13-23(2)3/h13-15,17-18H,6-12,16,19-22H2,1-5H3/p+1. The Labute approximate surface area is 210 Å². The normalized spacial score (nSPS) is 11.5. The molecule has 1 heterocycles. The van der Waals surface area contributed by atoms with E-state index in [2.05, 4.69) is 46.3 Å². The van der Waals surface area contributed by atoms with Crippen molar-refractivity contribution in [1.82, 2.24) is 5.32 Å². The van der Waals surface area contributed by atoms with Crippen LogP contribution in [0.25, 0.3) is 11.0 Å². The highest BCUT2D eigenvalue weighted by Crippen LogP contribution is 2.28. The highest BCUT2D eigenvalue weighted by Gasteiger charge is 2.19. The van der Waals surface area contributed by atoms with E-state index in [1.165, 1.54) is 30.9 Å². The third-order valence-electron chi connectivity index (χ3n) is 6.15. The second-order valence-corrected chi connectivity index (χ2v) is 10.3. The largest absolute Gasteiger partial charge is 0.493 e. The number of quaternary nitrogens is 1. The van der Waals surface area contributed by atoms with Gasteiger partial charge in [0, 0.05) is 23.6 Å². The lowest BCUT2D eigenvalue weighted by Crippen LogP contribution is -2.48. The van der Waals surface area contributed by atoms with Crippen LogP contribution in [0.3, 0.4) is 0 Å². The summed E-state index contributed by atoms with van der Waals surface area (Å²) in [6, 6.07) is 7.15. The average molecular weight is 486 g/mol. The van der Waals surface area contributed by atoms with Gasteiger partial charge in [0.2, 0.25) is 0 Å². The molecular formula is C29H45N2O4+. The molecular weight excluding hydrogens is 440 g/mol. The van der Waals surface area contributed by atoms with Crippen LogP contribution in [-0.2, 0) is 11.2 Å². The lowest BCUT2D eigenvalue weighted by molar-refractivity contribution is -0.882. The molecule has 6 nitrogen and oxygen atoms in total. The smallest absolute Gasteiger partial charge is 0.336 e. The zero-order valence-electron chi connectivity index (χ0n) is 22.5. The molecule has 0 saturated heterocycles. The van der Waals surface area contributed by atoms with Gasteiger partial charge in [0.05, 0.1) is 27.2 Å². The van der Waals surface area contributed by atoms with Crippen molar-refractivity contribution in [2.75, 3.05) is 40.3 Å². The number of allylic oxidation sites excluding steroid dienone is 2. The van der Waals surface area contributed by atoms with Crippen molar-refractivity contribution in [3.8, 4) is 5.75 Å². The van der Waals surface area contributed by atoms with Gasteiger partial charge in [-0.05, 0) is 64.2 Å². The van der Waals surface area contributed by atoms with Crippen molar-refractivity contribution in [2.24, 2.45) is 0 Å². The summed E-state index contributed by atoms with van der Waals surface area (Å²) >= 11 is 0. The molecule has 194 valence electrons. The molecule has 0 bridgehead atoms. The second-order valence-electron chi connectivity index (χ2n) is 10.3. The minimum Gasteiger partial charge on any atom is -0.493 e. The van der Waals surface area contributed by atoms with Gasteiger partial charge < -0.3 is 19.0 Å². The summed E-state index contributed by atoms with van der Waals surface area (Å²) in [7, 11) is 4.23. The van der Waals surface area contributed by atoms with Crippen LogP contribution in [0, 0.1) is 0 Å². The lowest BCUT2D eigenvalue weighted by Gasteiger charge is -2.29. The van der Waals surface area contributed by atoms with Crippen LogP contribution in [0.15, 0.2) is 45.1 Å². The Morgan fingerprint density at radius 2 is 1.77 bits per heavy atom. The number of rotatable bonds is 16. The van der Waals surface area contributed by atoms with E-state index in [1.54, 1.807) is 6.07 Å². The van der Waals surface area contributed by atoms with Gasteiger partial charge in [-0.3, -0.25) is 4.79 Å². The van der Waals surface area contributed by atoms with Crippen LogP contribution in [0.1, 0.15) is 71.3 Å². The van der Waals surface area contributed by atoms with Crippen molar-refractivity contribution < 1.29 is 18.4 Å². The van der Waals surface area contributed by atoms with E-state index in [9.17, 15) is 9.59 Å². The number of carbonyl (C=O) groups is 1. The predicted molar refractivity (Wildman–Crippen MR) is 144 cm³/mol. The number of benzene rings is 1. The first-order valence-electron chi connectivity index (χ1n) is 13.1. The number of likely N-dealkylation sites (N-methyl/N-ethyl adjacent to an activating group) is 1. The summed E-state index contributed by atoms with van der Waals surface area (Å²) in [6.45, 7) is 9.16. The van der Waals surface area contributed by atoms with Gasteiger partial charge >= 0.3 is 5.63 Å². The van der Waals surface area contributed by atoms with E-state index < -0.39 is 0 Å². The van der Waals surface area contributed by atoms with E-state index >= 15 is 0 Å². The number of hydrogen-bond acceptors (Lipinski definition) is 4. The predicted octanol–water partition coefficient (Wildman–Crippen LogP) is 5.62. The fraction of sp³-hybridized carbons (Fsp3) is 0.586. The molecule has 0 saturated carbocycles. The summed E-state index contributed by atoms with van der Waals surface area (Å²) in [5, 5.41) is 3.96. The number of carbonyl (C=O) groups excluding carboxylic acids is 1. The number of fused-ring (bicyclic) bond motifs is 1. The average Bonchev–Trinajstić information content (AvgIpc) is 2.79. The number of nitrogens with one attached hydrogen (secondary N) is 1. The molecule has 2 aromatic rings. The number of ether oxygens (including phenoxy) is 1. The number of nitrogens with zero attached hydrogens (tertiary/aromatic N) is 1. The summed E-state index contributed by atoms with van der Waals surface area (Å²) in [6.07, 6.45) is 10.5. The summed E-state index contributed by atoms with van der Waals surface area (Å²) < 4.78 is 12.3. The Kier molecular flexibility index (Phi) is 12.0. The molecule has 35 heavy (non-hydrogen) atoms. The molecule has 0 radical (unpaired) electrons. The molecule has 2 rings (SSSR count). The maximum atomic E-state index is 12.2. The quantitative estimate of drug-likeness (QED) is 0.145. The molecule has 0 aliphatic carbocycles. The van der Waals surface area contributed by atoms with Gasteiger partial charge in [-0.2, -0.15) is 0 Å². The molecule has 1 N–H and O–H groups in total. The monoisotopic (exact) mass is 485 g/mol. The molecule has 0 unspecified atom stereocenters. The van der Waals surface area contributed by atoms with Crippen molar-refractivity contribution in [3.63, 3.8) is 0 Å². The maximum Gasteiger partial charge on any atom is 0.336 e. The maximum absolute atomic E-state index is 12.2. The Morgan fingerprint density at radius 3 is 2.51 bits per heavy atom. The van der Waals surface area contributed by atoms with Crippen LogP contribution in [0.5, 0.6) is 5.75 Å². The van der Waals surface area contributed by atoms with E-state index in [-0.39, 0.29) is 11.5 Å². The summed E-state index contributed by atoms with van der Waals surface area (Å²) in [5.74, 6) is 0.915. The lowest BCUT2D eigenvalue weighted by atomic mass is 10.1. The molecule has 0 aliphatic heterocycles. The van der Waals surface area contributed by atoms with Crippen LogP contribution in [0.2, 0.25) is 0 Å². The molecule has 1 aromatic heterocycles. The van der Waals surface area contributed by atoms with Gasteiger partial charge in [-0.15, -0.1) is 0 Å². The highest BCUT2D eigenvalue weighted by atomic mass is 16.5. The third-order valence-corrected chi connectivity index (χ3v) is 6.15. The van der Waals surface area contributed by atoms with Crippen molar-refractivity contribution in [1.29, 1.82) is 0 Å². The first-order chi connectivity index (χ1) is 16.7. The highest BCUT2D eigenvalue weighted by molar-refractivity contribution is 5.82. The molecule has 0 spiro atoms. The van der Waals surface area contributed by atoms with Gasteiger partial charge in [-0.1, -0.05) is 37.8 Å². The third kappa shape index (κ3) is 10.7. The molecule has 0 fully saturated rings. The fourth-order valence-electron chi connectivity index (χ4n) is 4.11. The zero-order chi connectivity index (χ0) is 25.7. The van der Waals surface area contributed by atoms with Gasteiger partial charge in [0.1, 0.15) is 11.3 Å². The Morgan fingerprint density at radius 1 is 1.03 bits per heavy atom. The molecule has 0 atom stereocenters.